The normalized spacial score (nSPS) is 9.57. The smallest absolute Gasteiger partial charge is 0.379 e. The lowest BCUT2D eigenvalue weighted by atomic mass is 10.1. The minimum absolute atomic E-state index is 0.155. The van der Waals surface area contributed by atoms with Crippen LogP contribution in [0.2, 0.25) is 0 Å². The molecule has 112 valence electrons. The molecular weight excluding hydrogens is 274 g/mol. The van der Waals surface area contributed by atoms with Crippen LogP contribution in [0, 0.1) is 0 Å². The van der Waals surface area contributed by atoms with Gasteiger partial charge < -0.3 is 14.8 Å². The molecule has 1 aromatic rings. The summed E-state index contributed by atoms with van der Waals surface area (Å²) >= 11 is 0. The van der Waals surface area contributed by atoms with Crippen molar-refractivity contribution < 1.29 is 23.9 Å². The van der Waals surface area contributed by atoms with Crippen molar-refractivity contribution in [3.8, 4) is 5.75 Å². The van der Waals surface area contributed by atoms with Crippen LogP contribution in [0.1, 0.15) is 17.3 Å². The second kappa shape index (κ2) is 8.52. The number of ketones is 1. The maximum absolute atomic E-state index is 11.6. The Morgan fingerprint density at radius 2 is 1.90 bits per heavy atom. The van der Waals surface area contributed by atoms with E-state index in [0.29, 0.717) is 12.3 Å². The predicted molar refractivity (Wildman–Crippen MR) is 76.1 cm³/mol. The fraction of sp³-hybridized carbons (Fsp3) is 0.267. The van der Waals surface area contributed by atoms with Crippen molar-refractivity contribution in [2.24, 2.45) is 0 Å². The maximum Gasteiger partial charge on any atom is 0.379 e. The van der Waals surface area contributed by atoms with E-state index in [-0.39, 0.29) is 24.7 Å². The zero-order valence-corrected chi connectivity index (χ0v) is 11.8. The zero-order chi connectivity index (χ0) is 15.7. The molecule has 0 spiro atoms. The molecule has 0 atom stereocenters. The number of ether oxygens (including phenoxy) is 2. The molecule has 0 saturated heterocycles. The van der Waals surface area contributed by atoms with E-state index < -0.39 is 11.8 Å². The molecule has 0 bridgehead atoms. The summed E-state index contributed by atoms with van der Waals surface area (Å²) in [6.45, 7) is 5.74. The van der Waals surface area contributed by atoms with E-state index >= 15 is 0 Å². The zero-order valence-electron chi connectivity index (χ0n) is 11.8. The molecule has 0 heterocycles. The topological polar surface area (TPSA) is 81.7 Å². The fourth-order valence-electron chi connectivity index (χ4n) is 1.43. The van der Waals surface area contributed by atoms with Gasteiger partial charge in [-0.1, -0.05) is 6.58 Å². The number of carbonyl (C=O) groups excluding carboxylic acids is 3. The number of benzene rings is 1. The van der Waals surface area contributed by atoms with Crippen molar-refractivity contribution in [1.29, 1.82) is 0 Å². The van der Waals surface area contributed by atoms with E-state index in [4.69, 9.17) is 4.74 Å². The SMILES string of the molecule is C=CC(=O)NCCOc1ccc(C(=O)C(=O)OCC)cc1. The molecule has 6 heteroatoms. The maximum atomic E-state index is 11.6. The van der Waals surface area contributed by atoms with Gasteiger partial charge in [0.1, 0.15) is 12.4 Å². The summed E-state index contributed by atoms with van der Waals surface area (Å²) in [7, 11) is 0. The minimum Gasteiger partial charge on any atom is -0.492 e. The van der Waals surface area contributed by atoms with Crippen molar-refractivity contribution in [2.75, 3.05) is 19.8 Å². The molecule has 0 aliphatic rings. The van der Waals surface area contributed by atoms with Gasteiger partial charge in [-0.3, -0.25) is 9.59 Å². The van der Waals surface area contributed by atoms with Crippen LogP contribution in [-0.4, -0.2) is 37.4 Å². The van der Waals surface area contributed by atoms with Crippen molar-refractivity contribution in [3.05, 3.63) is 42.5 Å². The highest BCUT2D eigenvalue weighted by molar-refractivity contribution is 6.40. The standard InChI is InChI=1S/C15H17NO5/c1-3-13(17)16-9-10-21-12-7-5-11(6-8-12)14(18)15(19)20-4-2/h3,5-8H,1,4,9-10H2,2H3,(H,16,17). The van der Waals surface area contributed by atoms with Crippen molar-refractivity contribution >= 4 is 17.7 Å². The van der Waals surface area contributed by atoms with Gasteiger partial charge in [0.15, 0.2) is 0 Å². The third-order valence-corrected chi connectivity index (χ3v) is 2.43. The number of Topliss-reactive ketones (excluding diaryl/α,β-unsaturated/α-hetero) is 1. The van der Waals surface area contributed by atoms with Crippen LogP contribution in [0.3, 0.4) is 0 Å². The first-order valence-corrected chi connectivity index (χ1v) is 6.43. The van der Waals surface area contributed by atoms with E-state index in [1.165, 1.54) is 18.2 Å². The van der Waals surface area contributed by atoms with Gasteiger partial charge in [-0.05, 0) is 37.3 Å². The molecule has 1 N–H and O–H groups in total. The highest BCUT2D eigenvalue weighted by atomic mass is 16.5. The lowest BCUT2D eigenvalue weighted by Gasteiger charge is -2.07. The van der Waals surface area contributed by atoms with Crippen LogP contribution >= 0.6 is 0 Å². The Balaban J connectivity index is 2.47. The highest BCUT2D eigenvalue weighted by Gasteiger charge is 2.16. The number of amides is 1. The summed E-state index contributed by atoms with van der Waals surface area (Å²) in [5.74, 6) is -1.31. The van der Waals surface area contributed by atoms with Gasteiger partial charge in [-0.25, -0.2) is 4.79 Å². The molecule has 0 aliphatic heterocycles. The van der Waals surface area contributed by atoms with E-state index in [1.807, 2.05) is 0 Å². The van der Waals surface area contributed by atoms with E-state index in [1.54, 1.807) is 19.1 Å². The van der Waals surface area contributed by atoms with Gasteiger partial charge >= 0.3 is 5.97 Å². The van der Waals surface area contributed by atoms with Gasteiger partial charge in [-0.15, -0.1) is 0 Å². The number of hydrogen-bond acceptors (Lipinski definition) is 5. The quantitative estimate of drug-likeness (QED) is 0.255. The molecule has 0 saturated carbocycles. The van der Waals surface area contributed by atoms with Crippen molar-refractivity contribution in [3.63, 3.8) is 0 Å². The second-order valence-electron chi connectivity index (χ2n) is 3.92. The lowest BCUT2D eigenvalue weighted by molar-refractivity contribution is -0.137. The number of hydrogen-bond donors (Lipinski definition) is 1. The van der Waals surface area contributed by atoms with Gasteiger partial charge in [0.2, 0.25) is 5.91 Å². The molecule has 1 amide bonds. The molecule has 1 aromatic carbocycles. The Bertz CT molecular complexity index is 521. The first-order chi connectivity index (χ1) is 10.1. The molecule has 0 radical (unpaired) electrons. The van der Waals surface area contributed by atoms with Crippen molar-refractivity contribution in [2.45, 2.75) is 6.92 Å². The van der Waals surface area contributed by atoms with Crippen LogP contribution in [-0.2, 0) is 14.3 Å². The number of rotatable bonds is 8. The number of esters is 1. The largest absolute Gasteiger partial charge is 0.492 e. The monoisotopic (exact) mass is 291 g/mol. The molecule has 0 fully saturated rings. The second-order valence-corrected chi connectivity index (χ2v) is 3.92. The van der Waals surface area contributed by atoms with Crippen LogP contribution in [0.5, 0.6) is 5.75 Å². The van der Waals surface area contributed by atoms with Gasteiger partial charge in [0, 0.05) is 5.56 Å². The summed E-state index contributed by atoms with van der Waals surface area (Å²) in [6.07, 6.45) is 1.18. The van der Waals surface area contributed by atoms with Gasteiger partial charge in [0.25, 0.3) is 5.78 Å². The van der Waals surface area contributed by atoms with E-state index in [2.05, 4.69) is 16.6 Å². The highest BCUT2D eigenvalue weighted by Crippen LogP contribution is 2.12. The van der Waals surface area contributed by atoms with Gasteiger partial charge in [-0.2, -0.15) is 0 Å². The predicted octanol–water partition coefficient (Wildman–Crippen LogP) is 1.11. The summed E-state index contributed by atoms with van der Waals surface area (Å²) in [6, 6.07) is 6.11. The molecular formula is C15H17NO5. The van der Waals surface area contributed by atoms with Crippen LogP contribution in [0.4, 0.5) is 0 Å². The molecule has 0 aromatic heterocycles. The molecule has 21 heavy (non-hydrogen) atoms. The third kappa shape index (κ3) is 5.48. The summed E-state index contributed by atoms with van der Waals surface area (Å²) in [4.78, 5) is 33.8. The lowest BCUT2D eigenvalue weighted by Crippen LogP contribution is -2.26. The van der Waals surface area contributed by atoms with Crippen molar-refractivity contribution in [1.82, 2.24) is 5.32 Å². The fourth-order valence-corrected chi connectivity index (χ4v) is 1.43. The average molecular weight is 291 g/mol. The molecule has 6 nitrogen and oxygen atoms in total. The number of nitrogens with one attached hydrogen (secondary N) is 1. The third-order valence-electron chi connectivity index (χ3n) is 2.43. The number of carbonyl (C=O) groups is 3. The Morgan fingerprint density at radius 3 is 2.48 bits per heavy atom. The van der Waals surface area contributed by atoms with Crippen LogP contribution in [0.15, 0.2) is 36.9 Å². The Morgan fingerprint density at radius 1 is 1.24 bits per heavy atom. The Kier molecular flexibility index (Phi) is 6.67. The first kappa shape index (κ1) is 16.4. The average Bonchev–Trinajstić information content (AvgIpc) is 2.51. The Hall–Kier alpha value is -2.63. The molecule has 0 unspecified atom stereocenters. The summed E-state index contributed by atoms with van der Waals surface area (Å²) in [5, 5.41) is 2.56. The minimum atomic E-state index is -0.877. The first-order valence-electron chi connectivity index (χ1n) is 6.43. The summed E-state index contributed by atoms with van der Waals surface area (Å²) < 4.78 is 10.00. The Labute approximate surface area is 122 Å². The van der Waals surface area contributed by atoms with E-state index in [9.17, 15) is 14.4 Å². The summed E-state index contributed by atoms with van der Waals surface area (Å²) in [5.41, 5.74) is 0.237. The van der Waals surface area contributed by atoms with E-state index in [0.717, 1.165) is 0 Å². The van der Waals surface area contributed by atoms with Crippen LogP contribution in [0.25, 0.3) is 0 Å². The van der Waals surface area contributed by atoms with Gasteiger partial charge in [0.05, 0.1) is 13.2 Å². The molecule has 1 rings (SSSR count). The van der Waals surface area contributed by atoms with Crippen LogP contribution < -0.4 is 10.1 Å². The molecule has 0 aliphatic carbocycles.